The lowest BCUT2D eigenvalue weighted by Crippen LogP contribution is -2.52. The Morgan fingerprint density at radius 2 is 2.03 bits per heavy atom. The zero-order valence-corrected chi connectivity index (χ0v) is 20.0. The van der Waals surface area contributed by atoms with Gasteiger partial charge in [-0.2, -0.15) is 4.31 Å². The van der Waals surface area contributed by atoms with Crippen molar-refractivity contribution in [2.24, 2.45) is 0 Å². The van der Waals surface area contributed by atoms with Gasteiger partial charge in [-0.3, -0.25) is 0 Å². The van der Waals surface area contributed by atoms with Gasteiger partial charge in [-0.1, -0.05) is 29.8 Å². The second-order valence-electron chi connectivity index (χ2n) is 8.19. The molecule has 0 spiro atoms. The molecule has 2 N–H and O–H groups in total. The van der Waals surface area contributed by atoms with Gasteiger partial charge in [0.25, 0.3) is 0 Å². The number of phenolic OH excluding ortho intramolecular Hbond substituents is 1. The lowest BCUT2D eigenvalue weighted by molar-refractivity contribution is 0.284. The molecule has 33 heavy (non-hydrogen) atoms. The second-order valence-corrected chi connectivity index (χ2v) is 10.5. The van der Waals surface area contributed by atoms with E-state index in [9.17, 15) is 13.5 Å². The molecule has 0 radical (unpaired) electrons. The van der Waals surface area contributed by atoms with E-state index < -0.39 is 10.0 Å². The number of hydrogen-bond acceptors (Lipinski definition) is 6. The molecule has 1 saturated heterocycles. The van der Waals surface area contributed by atoms with Crippen LogP contribution in [0.25, 0.3) is 11.3 Å². The summed E-state index contributed by atoms with van der Waals surface area (Å²) in [4.78, 5) is 9.31. The van der Waals surface area contributed by atoms with Gasteiger partial charge >= 0.3 is 0 Å². The molecule has 2 heterocycles. The molecule has 3 aromatic rings. The Hall–Kier alpha value is -2.52. The summed E-state index contributed by atoms with van der Waals surface area (Å²) in [5.41, 5.74) is 2.47. The summed E-state index contributed by atoms with van der Waals surface area (Å²) in [6, 6.07) is 13.9. The van der Waals surface area contributed by atoms with Gasteiger partial charge in [0, 0.05) is 43.9 Å². The van der Waals surface area contributed by atoms with E-state index in [-0.39, 0.29) is 16.7 Å². The van der Waals surface area contributed by atoms with Crippen LogP contribution in [-0.2, 0) is 22.9 Å². The van der Waals surface area contributed by atoms with Crippen LogP contribution < -0.4 is 5.32 Å². The number of aromatic nitrogens is 2. The van der Waals surface area contributed by atoms with Crippen LogP contribution in [0.5, 0.6) is 5.75 Å². The van der Waals surface area contributed by atoms with Gasteiger partial charge in [0.2, 0.25) is 10.0 Å². The molecule has 1 aromatic heterocycles. The molecule has 174 valence electrons. The van der Waals surface area contributed by atoms with Crippen molar-refractivity contribution < 1.29 is 13.5 Å². The Kier molecular flexibility index (Phi) is 7.29. The van der Waals surface area contributed by atoms with E-state index in [1.807, 2.05) is 19.1 Å². The minimum absolute atomic E-state index is 0.0760. The fraction of sp³-hybridized carbons (Fsp3) is 0.333. The summed E-state index contributed by atoms with van der Waals surface area (Å²) in [7, 11) is -3.58. The zero-order valence-electron chi connectivity index (χ0n) is 18.4. The molecule has 7 nitrogen and oxygen atoms in total. The van der Waals surface area contributed by atoms with Gasteiger partial charge in [-0.15, -0.1) is 0 Å². The van der Waals surface area contributed by atoms with E-state index in [1.165, 1.54) is 0 Å². The molecule has 2 aromatic carbocycles. The van der Waals surface area contributed by atoms with E-state index in [4.69, 9.17) is 11.6 Å². The number of benzene rings is 2. The maximum atomic E-state index is 13.2. The van der Waals surface area contributed by atoms with Crippen LogP contribution in [0.3, 0.4) is 0 Å². The molecule has 4 rings (SSSR count). The van der Waals surface area contributed by atoms with Gasteiger partial charge in [-0.25, -0.2) is 18.4 Å². The number of aromatic hydroxyl groups is 1. The second kappa shape index (κ2) is 10.2. The van der Waals surface area contributed by atoms with Crippen molar-refractivity contribution in [3.8, 4) is 17.0 Å². The number of nitrogens with zero attached hydrogens (tertiary/aromatic N) is 3. The van der Waals surface area contributed by atoms with E-state index in [0.29, 0.717) is 42.6 Å². The smallest absolute Gasteiger partial charge is 0.243 e. The summed E-state index contributed by atoms with van der Waals surface area (Å²) in [6.07, 6.45) is 3.97. The predicted octanol–water partition coefficient (Wildman–Crippen LogP) is 3.66. The van der Waals surface area contributed by atoms with Crippen LogP contribution in [0, 0.1) is 0 Å². The van der Waals surface area contributed by atoms with E-state index >= 15 is 0 Å². The van der Waals surface area contributed by atoms with Crippen molar-refractivity contribution in [3.63, 3.8) is 0 Å². The molecule has 9 heteroatoms. The van der Waals surface area contributed by atoms with Crippen LogP contribution in [-0.4, -0.2) is 53.5 Å². The molecule has 1 aliphatic rings. The molecule has 0 unspecified atom stereocenters. The molecule has 1 fully saturated rings. The number of sulfonamides is 1. The topological polar surface area (TPSA) is 95.4 Å². The highest BCUT2D eigenvalue weighted by atomic mass is 35.5. The van der Waals surface area contributed by atoms with Crippen LogP contribution in [0.4, 0.5) is 0 Å². The predicted molar refractivity (Wildman–Crippen MR) is 129 cm³/mol. The number of halogens is 1. The first-order valence-corrected chi connectivity index (χ1v) is 12.8. The summed E-state index contributed by atoms with van der Waals surface area (Å²) < 4.78 is 28.0. The summed E-state index contributed by atoms with van der Waals surface area (Å²) >= 11 is 5.98. The average molecular weight is 487 g/mol. The lowest BCUT2D eigenvalue weighted by Gasteiger charge is -2.32. The lowest BCUT2D eigenvalue weighted by atomic mass is 10.1. The first kappa shape index (κ1) is 23.6. The highest BCUT2D eigenvalue weighted by molar-refractivity contribution is 7.89. The van der Waals surface area contributed by atoms with Gasteiger partial charge in [-0.05, 0) is 55.7 Å². The highest BCUT2D eigenvalue weighted by Crippen LogP contribution is 2.26. The minimum atomic E-state index is -3.58. The Morgan fingerprint density at radius 1 is 1.18 bits per heavy atom. The van der Waals surface area contributed by atoms with Crippen molar-refractivity contribution in [2.45, 2.75) is 37.1 Å². The molecular formula is C24H27ClN4O3S. The first-order chi connectivity index (χ1) is 15.8. The highest BCUT2D eigenvalue weighted by Gasteiger charge is 2.31. The third-order valence-electron chi connectivity index (χ3n) is 5.76. The first-order valence-electron chi connectivity index (χ1n) is 11.0. The monoisotopic (exact) mass is 486 g/mol. The van der Waals surface area contributed by atoms with Gasteiger partial charge in [0.1, 0.15) is 11.6 Å². The zero-order chi connectivity index (χ0) is 23.4. The maximum absolute atomic E-state index is 13.2. The summed E-state index contributed by atoms with van der Waals surface area (Å²) in [5.74, 6) is 0.772. The van der Waals surface area contributed by atoms with Crippen molar-refractivity contribution >= 4 is 21.6 Å². The fourth-order valence-electron chi connectivity index (χ4n) is 3.97. The molecule has 0 bridgehead atoms. The standard InChI is InChI=1S/C24H27ClN4O3S/c1-17-16-26-12-13-29(17)33(31,32)20-6-3-5-19(15-20)22-10-11-27-24(28-22)7-2-4-18-8-9-23(30)21(25)14-18/h3,5-6,8-11,14-15,17,26,30H,2,4,7,12-13,16H2,1H3/t17-/m0/s1. The Morgan fingerprint density at radius 3 is 2.82 bits per heavy atom. The molecule has 1 atom stereocenters. The van der Waals surface area contributed by atoms with E-state index in [1.54, 1.807) is 46.9 Å². The van der Waals surface area contributed by atoms with Gasteiger partial charge in [0.15, 0.2) is 0 Å². The summed E-state index contributed by atoms with van der Waals surface area (Å²) in [6.45, 7) is 3.66. The Balaban J connectivity index is 1.48. The number of piperazine rings is 1. The molecule has 0 saturated carbocycles. The van der Waals surface area contributed by atoms with Gasteiger partial charge in [0.05, 0.1) is 15.6 Å². The van der Waals surface area contributed by atoms with Crippen LogP contribution in [0.2, 0.25) is 5.02 Å². The van der Waals surface area contributed by atoms with E-state index in [2.05, 4.69) is 15.3 Å². The molecular weight excluding hydrogens is 460 g/mol. The Bertz CT molecular complexity index is 1240. The quantitative estimate of drug-likeness (QED) is 0.529. The normalized spacial score (nSPS) is 17.2. The maximum Gasteiger partial charge on any atom is 0.243 e. The molecule has 1 aliphatic heterocycles. The van der Waals surface area contributed by atoms with Crippen molar-refractivity contribution in [1.82, 2.24) is 19.6 Å². The SMILES string of the molecule is C[C@H]1CNCCN1S(=O)(=O)c1cccc(-c2ccnc(CCCc3ccc(O)c(Cl)c3)n2)c1. The molecule has 0 amide bonds. The summed E-state index contributed by atoms with van der Waals surface area (Å²) in [5, 5.41) is 13.1. The number of aryl methyl sites for hydroxylation is 2. The molecule has 0 aliphatic carbocycles. The number of hydrogen-bond donors (Lipinski definition) is 2. The third kappa shape index (κ3) is 5.52. The third-order valence-corrected chi connectivity index (χ3v) is 8.07. The van der Waals surface area contributed by atoms with Gasteiger partial charge < -0.3 is 10.4 Å². The number of phenols is 1. The minimum Gasteiger partial charge on any atom is -0.506 e. The average Bonchev–Trinajstić information content (AvgIpc) is 2.82. The number of nitrogens with one attached hydrogen (secondary N) is 1. The van der Waals surface area contributed by atoms with Crippen molar-refractivity contribution in [3.05, 3.63) is 71.1 Å². The van der Waals surface area contributed by atoms with Crippen molar-refractivity contribution in [1.29, 1.82) is 0 Å². The van der Waals surface area contributed by atoms with Crippen LogP contribution >= 0.6 is 11.6 Å². The Labute approximate surface area is 199 Å². The van der Waals surface area contributed by atoms with Crippen molar-refractivity contribution in [2.75, 3.05) is 19.6 Å². The fourth-order valence-corrected chi connectivity index (χ4v) is 5.85. The van der Waals surface area contributed by atoms with Crippen LogP contribution in [0.15, 0.2) is 59.6 Å². The van der Waals surface area contributed by atoms with E-state index in [0.717, 1.165) is 24.0 Å². The van der Waals surface area contributed by atoms with Crippen LogP contribution in [0.1, 0.15) is 24.7 Å². The number of rotatable bonds is 7. The largest absolute Gasteiger partial charge is 0.506 e.